The number of phenols is 1. The van der Waals surface area contributed by atoms with Crippen LogP contribution in [-0.4, -0.2) is 42.5 Å². The van der Waals surface area contributed by atoms with Gasteiger partial charge in [0.1, 0.15) is 34.8 Å². The average molecular weight is 412 g/mol. The van der Waals surface area contributed by atoms with Crippen LogP contribution >= 0.6 is 0 Å². The number of fused-ring (bicyclic) bond motifs is 1. The molecule has 0 unspecified atom stereocenters. The van der Waals surface area contributed by atoms with Gasteiger partial charge in [0, 0.05) is 12.1 Å². The largest absolute Gasteiger partial charge is 0.508 e. The quantitative estimate of drug-likeness (QED) is 0.581. The molecule has 0 bridgehead atoms. The Hall–Kier alpha value is -3.81. The van der Waals surface area contributed by atoms with Crippen LogP contribution in [0.1, 0.15) is 24.2 Å². The van der Waals surface area contributed by atoms with Crippen molar-refractivity contribution >= 4 is 17.5 Å². The Bertz CT molecular complexity index is 1030. The lowest BCUT2D eigenvalue weighted by Gasteiger charge is -2.31. The van der Waals surface area contributed by atoms with Crippen LogP contribution in [0.3, 0.4) is 0 Å². The smallest absolute Gasteiger partial charge is 0.347 e. The van der Waals surface area contributed by atoms with E-state index in [4.69, 9.17) is 18.9 Å². The van der Waals surface area contributed by atoms with Gasteiger partial charge in [-0.2, -0.15) is 0 Å². The van der Waals surface area contributed by atoms with Crippen LogP contribution in [-0.2, 0) is 19.1 Å². The van der Waals surface area contributed by atoms with E-state index in [1.807, 2.05) is 0 Å². The SMILES string of the molecule is C/C=C\C1=CC2=CC(=O)[C@](C)(OC(=O)c3c(OC)cc(O)cc3OC)C(=O)C2=CO1. The van der Waals surface area contributed by atoms with Crippen molar-refractivity contribution in [3.8, 4) is 17.2 Å². The predicted octanol–water partition coefficient (Wildman–Crippen LogP) is 2.78. The third-order valence-electron chi connectivity index (χ3n) is 4.68. The molecule has 156 valence electrons. The fraction of sp³-hybridized carbons (Fsp3) is 0.227. The van der Waals surface area contributed by atoms with E-state index in [2.05, 4.69) is 0 Å². The molecular weight excluding hydrogens is 392 g/mol. The third kappa shape index (κ3) is 3.47. The van der Waals surface area contributed by atoms with Crippen molar-refractivity contribution in [3.63, 3.8) is 0 Å². The first-order chi connectivity index (χ1) is 14.2. The molecule has 0 saturated carbocycles. The zero-order valence-corrected chi connectivity index (χ0v) is 16.8. The Morgan fingerprint density at radius 2 is 1.77 bits per heavy atom. The molecule has 0 amide bonds. The topological polar surface area (TPSA) is 108 Å². The highest BCUT2D eigenvalue weighted by atomic mass is 16.6. The Kier molecular flexibility index (Phi) is 5.51. The summed E-state index contributed by atoms with van der Waals surface area (Å²) in [4.78, 5) is 38.7. The van der Waals surface area contributed by atoms with E-state index in [1.165, 1.54) is 45.6 Å². The number of esters is 1. The van der Waals surface area contributed by atoms with Crippen molar-refractivity contribution in [3.05, 3.63) is 65.2 Å². The van der Waals surface area contributed by atoms with Crippen LogP contribution < -0.4 is 9.47 Å². The number of methoxy groups -OCH3 is 2. The first kappa shape index (κ1) is 20.9. The number of ether oxygens (including phenoxy) is 4. The molecule has 8 heteroatoms. The van der Waals surface area contributed by atoms with E-state index in [-0.39, 0.29) is 28.4 Å². The molecule has 1 aliphatic heterocycles. The van der Waals surface area contributed by atoms with Gasteiger partial charge in [0.15, 0.2) is 0 Å². The molecule has 0 fully saturated rings. The van der Waals surface area contributed by atoms with Gasteiger partial charge >= 0.3 is 5.97 Å². The number of benzene rings is 1. The number of allylic oxidation sites excluding steroid dienone is 4. The molecule has 1 heterocycles. The third-order valence-corrected chi connectivity index (χ3v) is 4.68. The summed E-state index contributed by atoms with van der Waals surface area (Å²) in [6.07, 6.45) is 7.45. The van der Waals surface area contributed by atoms with Gasteiger partial charge in [-0.3, -0.25) is 9.59 Å². The summed E-state index contributed by atoms with van der Waals surface area (Å²) in [5.41, 5.74) is -1.78. The maximum Gasteiger partial charge on any atom is 0.347 e. The normalized spacial score (nSPS) is 20.6. The highest BCUT2D eigenvalue weighted by molar-refractivity contribution is 6.26. The van der Waals surface area contributed by atoms with Crippen LogP contribution in [0.15, 0.2) is 59.6 Å². The van der Waals surface area contributed by atoms with Gasteiger partial charge in [0.05, 0.1) is 19.8 Å². The zero-order valence-electron chi connectivity index (χ0n) is 16.8. The van der Waals surface area contributed by atoms with Crippen molar-refractivity contribution in [2.24, 2.45) is 0 Å². The lowest BCUT2D eigenvalue weighted by Crippen LogP contribution is -2.50. The average Bonchev–Trinajstić information content (AvgIpc) is 2.71. The van der Waals surface area contributed by atoms with Crippen LogP contribution in [0.5, 0.6) is 17.2 Å². The Morgan fingerprint density at radius 3 is 2.33 bits per heavy atom. The number of carbonyl (C=O) groups excluding carboxylic acids is 3. The molecule has 2 aliphatic rings. The number of hydrogen-bond acceptors (Lipinski definition) is 8. The second kappa shape index (κ2) is 7.90. The molecule has 30 heavy (non-hydrogen) atoms. The first-order valence-corrected chi connectivity index (χ1v) is 8.96. The number of Topliss-reactive ketones (excluding diaryl/α,β-unsaturated/α-hetero) is 1. The van der Waals surface area contributed by atoms with Crippen molar-refractivity contribution in [1.82, 2.24) is 0 Å². The molecule has 0 radical (unpaired) electrons. The standard InChI is InChI=1S/C22H20O8/c1-5-6-14-7-12-8-18(24)22(2,20(25)15(12)11-29-14)30-21(26)19-16(27-3)9-13(23)10-17(19)28-4/h5-11,23H,1-4H3/b6-5-/t22-/m0/s1. The molecular formula is C22H20O8. The van der Waals surface area contributed by atoms with E-state index in [1.54, 1.807) is 25.2 Å². The van der Waals surface area contributed by atoms with Gasteiger partial charge in [-0.1, -0.05) is 6.08 Å². The number of ketones is 2. The van der Waals surface area contributed by atoms with Gasteiger partial charge in [-0.05, 0) is 37.6 Å². The molecule has 8 nitrogen and oxygen atoms in total. The summed E-state index contributed by atoms with van der Waals surface area (Å²) in [5, 5.41) is 9.75. The molecule has 1 aromatic rings. The van der Waals surface area contributed by atoms with E-state index in [0.717, 1.165) is 0 Å². The van der Waals surface area contributed by atoms with Crippen molar-refractivity contribution in [2.45, 2.75) is 19.4 Å². The molecule has 1 atom stereocenters. The fourth-order valence-electron chi connectivity index (χ4n) is 3.10. The fourth-order valence-corrected chi connectivity index (χ4v) is 3.10. The first-order valence-electron chi connectivity index (χ1n) is 8.96. The van der Waals surface area contributed by atoms with Gasteiger partial charge in [-0.25, -0.2) is 4.79 Å². The molecule has 0 aromatic heterocycles. The highest BCUT2D eigenvalue weighted by Crippen LogP contribution is 2.37. The van der Waals surface area contributed by atoms with Gasteiger partial charge < -0.3 is 24.1 Å². The minimum Gasteiger partial charge on any atom is -0.508 e. The van der Waals surface area contributed by atoms with E-state index < -0.39 is 23.1 Å². The minimum absolute atomic E-state index is 0.0356. The van der Waals surface area contributed by atoms with E-state index in [0.29, 0.717) is 11.3 Å². The number of rotatable bonds is 5. The van der Waals surface area contributed by atoms with Gasteiger partial charge in [0.2, 0.25) is 17.2 Å². The van der Waals surface area contributed by atoms with E-state index >= 15 is 0 Å². The number of phenolic OH excluding ortho intramolecular Hbond substituents is 1. The summed E-state index contributed by atoms with van der Waals surface area (Å²) >= 11 is 0. The second-order valence-electron chi connectivity index (χ2n) is 6.64. The molecule has 0 spiro atoms. The summed E-state index contributed by atoms with van der Waals surface area (Å²) in [6, 6.07) is 2.38. The summed E-state index contributed by atoms with van der Waals surface area (Å²) < 4.78 is 21.0. The number of aromatic hydroxyl groups is 1. The molecule has 1 aliphatic carbocycles. The number of hydrogen-bond donors (Lipinski definition) is 1. The van der Waals surface area contributed by atoms with Gasteiger partial charge in [-0.15, -0.1) is 0 Å². The Labute approximate surface area is 172 Å². The zero-order chi connectivity index (χ0) is 22.1. The second-order valence-corrected chi connectivity index (χ2v) is 6.64. The molecule has 1 N–H and O–H groups in total. The Morgan fingerprint density at radius 1 is 1.13 bits per heavy atom. The van der Waals surface area contributed by atoms with Crippen LogP contribution in [0.4, 0.5) is 0 Å². The lowest BCUT2D eigenvalue weighted by atomic mass is 9.80. The maximum atomic E-state index is 13.0. The summed E-state index contributed by atoms with van der Waals surface area (Å²) in [5.74, 6) is -2.23. The van der Waals surface area contributed by atoms with Crippen LogP contribution in [0.25, 0.3) is 0 Å². The predicted molar refractivity (Wildman–Crippen MR) is 105 cm³/mol. The van der Waals surface area contributed by atoms with Crippen molar-refractivity contribution in [1.29, 1.82) is 0 Å². The lowest BCUT2D eigenvalue weighted by molar-refractivity contribution is -0.145. The monoisotopic (exact) mass is 412 g/mol. The van der Waals surface area contributed by atoms with E-state index in [9.17, 15) is 19.5 Å². The number of carbonyl (C=O) groups is 3. The molecule has 0 saturated heterocycles. The van der Waals surface area contributed by atoms with Gasteiger partial charge in [0.25, 0.3) is 0 Å². The molecule has 1 aromatic carbocycles. The van der Waals surface area contributed by atoms with Crippen LogP contribution in [0.2, 0.25) is 0 Å². The van der Waals surface area contributed by atoms with Crippen LogP contribution in [0, 0.1) is 0 Å². The highest BCUT2D eigenvalue weighted by Gasteiger charge is 2.50. The molecule has 3 rings (SSSR count). The minimum atomic E-state index is -2.10. The Balaban J connectivity index is 1.99. The van der Waals surface area contributed by atoms with Crippen molar-refractivity contribution < 1.29 is 38.4 Å². The summed E-state index contributed by atoms with van der Waals surface area (Å²) in [7, 11) is 2.58. The van der Waals surface area contributed by atoms with Crippen molar-refractivity contribution in [2.75, 3.05) is 14.2 Å². The summed E-state index contributed by atoms with van der Waals surface area (Å²) in [6.45, 7) is 3.02. The maximum absolute atomic E-state index is 13.0.